The van der Waals surface area contributed by atoms with Crippen LogP contribution in [0.5, 0.6) is 5.75 Å². The normalized spacial score (nSPS) is 14.7. The first-order valence-corrected chi connectivity index (χ1v) is 10.8. The van der Waals surface area contributed by atoms with Gasteiger partial charge < -0.3 is 19.9 Å². The highest BCUT2D eigenvalue weighted by molar-refractivity contribution is 5.89. The summed E-state index contributed by atoms with van der Waals surface area (Å²) in [5, 5.41) is 2.72. The Balaban J connectivity index is 2.30. The number of rotatable bonds is 9. The van der Waals surface area contributed by atoms with E-state index >= 15 is 0 Å². The molecule has 182 valence electrons. The molecule has 6 nitrogen and oxygen atoms in total. The lowest BCUT2D eigenvalue weighted by Gasteiger charge is -2.34. The topological polar surface area (TPSA) is 61.9 Å². The first kappa shape index (κ1) is 26.3. The zero-order valence-corrected chi connectivity index (χ0v) is 19.5. The number of amides is 2. The van der Waals surface area contributed by atoms with E-state index in [-0.39, 0.29) is 12.0 Å². The van der Waals surface area contributed by atoms with E-state index in [9.17, 15) is 22.8 Å². The Morgan fingerprint density at radius 2 is 1.82 bits per heavy atom. The number of halogens is 3. The third kappa shape index (κ3) is 8.82. The minimum Gasteiger partial charge on any atom is -0.497 e. The number of ether oxygens (including phenoxy) is 1. The Bertz CT molecular complexity index is 858. The third-order valence-electron chi connectivity index (χ3n) is 4.88. The van der Waals surface area contributed by atoms with Crippen LogP contribution in [0.25, 0.3) is 0 Å². The number of carbonyl (C=O) groups is 2. The van der Waals surface area contributed by atoms with Crippen molar-refractivity contribution in [3.63, 3.8) is 0 Å². The molecule has 0 spiro atoms. The molecule has 0 saturated heterocycles. The van der Waals surface area contributed by atoms with E-state index in [4.69, 9.17) is 4.74 Å². The summed E-state index contributed by atoms with van der Waals surface area (Å²) in [7, 11) is 1.46. The summed E-state index contributed by atoms with van der Waals surface area (Å²) in [6.45, 7) is 4.87. The quantitative estimate of drug-likeness (QED) is 0.591. The van der Waals surface area contributed by atoms with Gasteiger partial charge in [-0.2, -0.15) is 13.2 Å². The van der Waals surface area contributed by atoms with Gasteiger partial charge in [0.2, 0.25) is 11.8 Å². The van der Waals surface area contributed by atoms with Crippen molar-refractivity contribution in [2.24, 2.45) is 0 Å². The molecule has 2 rings (SSSR count). The molecular formula is C24H32F3N3O3. The fourth-order valence-electron chi connectivity index (χ4n) is 3.46. The Labute approximate surface area is 193 Å². The van der Waals surface area contributed by atoms with Crippen molar-refractivity contribution in [2.45, 2.75) is 51.4 Å². The Morgan fingerprint density at radius 1 is 1.15 bits per heavy atom. The van der Waals surface area contributed by atoms with Crippen LogP contribution in [-0.4, -0.2) is 60.1 Å². The molecule has 0 bridgehead atoms. The molecule has 1 aromatic rings. The van der Waals surface area contributed by atoms with Gasteiger partial charge in [0.25, 0.3) is 0 Å². The van der Waals surface area contributed by atoms with Crippen molar-refractivity contribution >= 4 is 11.8 Å². The van der Waals surface area contributed by atoms with Gasteiger partial charge in [0, 0.05) is 25.0 Å². The number of nitrogens with zero attached hydrogens (tertiary/aromatic N) is 2. The van der Waals surface area contributed by atoms with Gasteiger partial charge in [-0.1, -0.05) is 24.3 Å². The molecule has 1 unspecified atom stereocenters. The fourth-order valence-corrected chi connectivity index (χ4v) is 3.46. The average Bonchev–Trinajstić information content (AvgIpc) is 2.72. The molecule has 33 heavy (non-hydrogen) atoms. The van der Waals surface area contributed by atoms with Crippen LogP contribution in [0.4, 0.5) is 13.2 Å². The molecule has 0 saturated carbocycles. The van der Waals surface area contributed by atoms with Crippen LogP contribution in [-0.2, 0) is 9.59 Å². The monoisotopic (exact) mass is 467 g/mol. The zero-order chi connectivity index (χ0) is 24.6. The van der Waals surface area contributed by atoms with Crippen LogP contribution in [0.15, 0.2) is 48.7 Å². The molecule has 1 atom stereocenters. The molecule has 2 amide bonds. The SMILES string of the molecule is COc1ccc(C(C(=O)NC(C)(C)C)N(CC(F)(F)F)C(=O)CCCN2C=CC=CC2)cc1. The van der Waals surface area contributed by atoms with Gasteiger partial charge in [-0.3, -0.25) is 9.59 Å². The summed E-state index contributed by atoms with van der Waals surface area (Å²) in [4.78, 5) is 28.8. The second-order valence-corrected chi connectivity index (χ2v) is 8.92. The zero-order valence-electron chi connectivity index (χ0n) is 19.5. The van der Waals surface area contributed by atoms with Crippen molar-refractivity contribution in [1.82, 2.24) is 15.1 Å². The molecule has 0 fully saturated rings. The fraction of sp³-hybridized carbons (Fsp3) is 0.500. The molecule has 1 heterocycles. The van der Waals surface area contributed by atoms with Gasteiger partial charge in [-0.25, -0.2) is 0 Å². The summed E-state index contributed by atoms with van der Waals surface area (Å²) in [5.41, 5.74) is -0.415. The van der Waals surface area contributed by atoms with E-state index < -0.39 is 36.1 Å². The Morgan fingerprint density at radius 3 is 2.33 bits per heavy atom. The van der Waals surface area contributed by atoms with E-state index in [1.165, 1.54) is 19.2 Å². The van der Waals surface area contributed by atoms with Crippen LogP contribution in [0.1, 0.15) is 45.2 Å². The number of hydrogen-bond donors (Lipinski definition) is 1. The van der Waals surface area contributed by atoms with Crippen molar-refractivity contribution in [3.8, 4) is 5.75 Å². The molecule has 1 N–H and O–H groups in total. The van der Waals surface area contributed by atoms with Gasteiger partial charge in [-0.05, 0) is 57.2 Å². The molecule has 0 aromatic heterocycles. The van der Waals surface area contributed by atoms with E-state index in [0.717, 1.165) is 0 Å². The summed E-state index contributed by atoms with van der Waals surface area (Å²) in [6.07, 6.45) is 3.17. The van der Waals surface area contributed by atoms with Crippen molar-refractivity contribution in [2.75, 3.05) is 26.7 Å². The maximum atomic E-state index is 13.5. The van der Waals surface area contributed by atoms with Crippen LogP contribution in [0, 0.1) is 0 Å². The number of allylic oxidation sites excluding steroid dienone is 2. The summed E-state index contributed by atoms with van der Waals surface area (Å²) < 4.78 is 45.6. The summed E-state index contributed by atoms with van der Waals surface area (Å²) >= 11 is 0. The number of benzene rings is 1. The molecule has 0 aliphatic carbocycles. The van der Waals surface area contributed by atoms with Crippen LogP contribution in [0.3, 0.4) is 0 Å². The van der Waals surface area contributed by atoms with E-state index in [1.54, 1.807) is 32.9 Å². The van der Waals surface area contributed by atoms with Crippen LogP contribution >= 0.6 is 0 Å². The molecule has 1 aliphatic heterocycles. The first-order valence-electron chi connectivity index (χ1n) is 10.8. The van der Waals surface area contributed by atoms with Crippen molar-refractivity contribution in [1.29, 1.82) is 0 Å². The lowest BCUT2D eigenvalue weighted by atomic mass is 10.0. The average molecular weight is 468 g/mol. The highest BCUT2D eigenvalue weighted by atomic mass is 19.4. The number of hydrogen-bond acceptors (Lipinski definition) is 4. The predicted octanol–water partition coefficient (Wildman–Crippen LogP) is 4.21. The van der Waals surface area contributed by atoms with Gasteiger partial charge in [0.1, 0.15) is 18.3 Å². The van der Waals surface area contributed by atoms with Gasteiger partial charge in [-0.15, -0.1) is 0 Å². The third-order valence-corrected chi connectivity index (χ3v) is 4.88. The van der Waals surface area contributed by atoms with E-state index in [2.05, 4.69) is 5.32 Å². The maximum absolute atomic E-state index is 13.5. The van der Waals surface area contributed by atoms with Crippen molar-refractivity contribution in [3.05, 3.63) is 54.3 Å². The predicted molar refractivity (Wildman–Crippen MR) is 120 cm³/mol. The van der Waals surface area contributed by atoms with Gasteiger partial charge in [0.15, 0.2) is 0 Å². The van der Waals surface area contributed by atoms with Crippen LogP contribution in [0.2, 0.25) is 0 Å². The Kier molecular flexibility index (Phi) is 8.96. The molecule has 9 heteroatoms. The van der Waals surface area contributed by atoms with Gasteiger partial charge >= 0.3 is 6.18 Å². The minimum absolute atomic E-state index is 0.112. The minimum atomic E-state index is -4.66. The highest BCUT2D eigenvalue weighted by Crippen LogP contribution is 2.29. The second-order valence-electron chi connectivity index (χ2n) is 8.92. The van der Waals surface area contributed by atoms with E-state index in [0.29, 0.717) is 30.2 Å². The van der Waals surface area contributed by atoms with Crippen LogP contribution < -0.4 is 10.1 Å². The number of carbonyl (C=O) groups excluding carboxylic acids is 2. The van der Waals surface area contributed by atoms with E-state index in [1.807, 2.05) is 29.3 Å². The van der Waals surface area contributed by atoms with Crippen molar-refractivity contribution < 1.29 is 27.5 Å². The summed E-state index contributed by atoms with van der Waals surface area (Å²) in [6, 6.07) is 4.70. The van der Waals surface area contributed by atoms with Gasteiger partial charge in [0.05, 0.1) is 7.11 Å². The molecule has 1 aliphatic rings. The molecule has 0 radical (unpaired) electrons. The summed E-state index contributed by atoms with van der Waals surface area (Å²) in [5.74, 6) is -0.908. The first-order chi connectivity index (χ1) is 15.4. The lowest BCUT2D eigenvalue weighted by molar-refractivity contribution is -0.169. The lowest BCUT2D eigenvalue weighted by Crippen LogP contribution is -2.51. The molecular weight excluding hydrogens is 435 g/mol. The Hall–Kier alpha value is -2.97. The smallest absolute Gasteiger partial charge is 0.406 e. The molecule has 1 aromatic carbocycles. The second kappa shape index (κ2) is 11.2. The highest BCUT2D eigenvalue weighted by Gasteiger charge is 2.40. The standard InChI is InChI=1S/C24H32F3N3O3/c1-23(2,3)28-22(32)21(18-10-12-19(33-4)13-11-18)30(17-24(25,26)27)20(31)9-8-16-29-14-6-5-7-15-29/h5-7,10-14,21H,8-9,15-17H2,1-4H3,(H,28,32). The maximum Gasteiger partial charge on any atom is 0.406 e. The largest absolute Gasteiger partial charge is 0.497 e. The number of methoxy groups -OCH3 is 1. The number of nitrogens with one attached hydrogen (secondary N) is 1. The number of alkyl halides is 3.